The van der Waals surface area contributed by atoms with E-state index in [-0.39, 0.29) is 11.7 Å². The van der Waals surface area contributed by atoms with Crippen LogP contribution in [0.15, 0.2) is 54.6 Å². The van der Waals surface area contributed by atoms with E-state index in [1.807, 2.05) is 11.0 Å². The molecule has 1 aliphatic heterocycles. The van der Waals surface area contributed by atoms with Gasteiger partial charge >= 0.3 is 11.9 Å². The third-order valence-corrected chi connectivity index (χ3v) is 5.25. The second-order valence-corrected chi connectivity index (χ2v) is 7.36. The third-order valence-electron chi connectivity index (χ3n) is 5.25. The average molecular weight is 430 g/mol. The zero-order chi connectivity index (χ0) is 22.8. The number of hydrogen-bond acceptors (Lipinski definition) is 4. The number of piperidine rings is 1. The zero-order valence-corrected chi connectivity index (χ0v) is 17.4. The molecule has 0 aromatic heterocycles. The molecule has 0 radical (unpaired) electrons. The number of amides is 1. The number of likely N-dealkylation sites (tertiary alicyclic amines) is 1. The Labute approximate surface area is 180 Å². The largest absolute Gasteiger partial charge is 0.473 e. The molecule has 2 aromatic carbocycles. The Morgan fingerprint density at radius 3 is 2.03 bits per heavy atom. The summed E-state index contributed by atoms with van der Waals surface area (Å²) < 4.78 is 13.0. The van der Waals surface area contributed by atoms with E-state index in [4.69, 9.17) is 19.8 Å². The first-order chi connectivity index (χ1) is 14.8. The molecule has 1 heterocycles. The minimum atomic E-state index is -1.82. The molecule has 1 amide bonds. The molecule has 0 atom stereocenters. The fraction of sp³-hybridized carbons (Fsp3) is 0.348. The smallest absolute Gasteiger partial charge is 0.414 e. The second kappa shape index (κ2) is 11.8. The van der Waals surface area contributed by atoms with Crippen LogP contribution < -0.4 is 0 Å². The van der Waals surface area contributed by atoms with Gasteiger partial charge in [0.1, 0.15) is 5.82 Å². The first-order valence-electron chi connectivity index (χ1n) is 10.0. The summed E-state index contributed by atoms with van der Waals surface area (Å²) in [5.74, 6) is -3.95. The Balaban J connectivity index is 0.000000501. The molecule has 1 saturated heterocycles. The molecule has 0 aliphatic carbocycles. The van der Waals surface area contributed by atoms with Gasteiger partial charge in [0, 0.05) is 31.2 Å². The maximum absolute atomic E-state index is 13.0. The summed E-state index contributed by atoms with van der Waals surface area (Å²) in [5.41, 5.74) is 1.93. The number of hydrogen-bond donors (Lipinski definition) is 2. The van der Waals surface area contributed by atoms with Crippen molar-refractivity contribution in [1.82, 2.24) is 9.80 Å². The molecule has 0 unspecified atom stereocenters. The quantitative estimate of drug-likeness (QED) is 0.708. The van der Waals surface area contributed by atoms with Gasteiger partial charge in [-0.05, 0) is 56.1 Å². The molecule has 1 aliphatic rings. The molecule has 2 N–H and O–H groups in total. The highest BCUT2D eigenvalue weighted by Gasteiger charge is 2.25. The van der Waals surface area contributed by atoms with Gasteiger partial charge in [0.15, 0.2) is 0 Å². The predicted octanol–water partition coefficient (Wildman–Crippen LogP) is 2.76. The normalized spacial score (nSPS) is 14.0. The highest BCUT2D eigenvalue weighted by Crippen LogP contribution is 2.18. The second-order valence-electron chi connectivity index (χ2n) is 7.36. The molecule has 31 heavy (non-hydrogen) atoms. The highest BCUT2D eigenvalue weighted by atomic mass is 19.1. The van der Waals surface area contributed by atoms with Crippen molar-refractivity contribution in [2.75, 3.05) is 26.7 Å². The minimum absolute atomic E-state index is 0.00499. The lowest BCUT2D eigenvalue weighted by Gasteiger charge is -2.37. The molecule has 0 bridgehead atoms. The molecule has 8 heteroatoms. The van der Waals surface area contributed by atoms with Crippen LogP contribution in [0.2, 0.25) is 0 Å². The molecule has 0 saturated carbocycles. The van der Waals surface area contributed by atoms with E-state index >= 15 is 0 Å². The van der Waals surface area contributed by atoms with Crippen molar-refractivity contribution >= 4 is 17.8 Å². The maximum atomic E-state index is 13.0. The SMILES string of the molecule is CN(CCc1ccccc1)C1CCN(C(=O)c2ccc(F)cc2)CC1.O=C(O)C(=O)O. The summed E-state index contributed by atoms with van der Waals surface area (Å²) in [4.78, 5) is 35.0. The zero-order valence-electron chi connectivity index (χ0n) is 17.4. The van der Waals surface area contributed by atoms with Crippen molar-refractivity contribution in [3.05, 3.63) is 71.5 Å². The molecule has 0 spiro atoms. The fourth-order valence-electron chi connectivity index (χ4n) is 3.42. The van der Waals surface area contributed by atoms with Crippen molar-refractivity contribution < 1.29 is 29.0 Å². The Morgan fingerprint density at radius 1 is 0.968 bits per heavy atom. The monoisotopic (exact) mass is 430 g/mol. The van der Waals surface area contributed by atoms with Gasteiger partial charge in [-0.15, -0.1) is 0 Å². The van der Waals surface area contributed by atoms with Crippen LogP contribution in [-0.4, -0.2) is 70.6 Å². The van der Waals surface area contributed by atoms with Crippen LogP contribution in [0.3, 0.4) is 0 Å². The molecular formula is C23H27FN2O5. The summed E-state index contributed by atoms with van der Waals surface area (Å²) in [6.07, 6.45) is 3.02. The summed E-state index contributed by atoms with van der Waals surface area (Å²) in [7, 11) is 2.17. The van der Waals surface area contributed by atoms with Crippen LogP contribution >= 0.6 is 0 Å². The van der Waals surface area contributed by atoms with Crippen molar-refractivity contribution in [3.8, 4) is 0 Å². The van der Waals surface area contributed by atoms with Crippen LogP contribution in [0.1, 0.15) is 28.8 Å². The number of rotatable bonds is 5. The van der Waals surface area contributed by atoms with Gasteiger partial charge in [0.05, 0.1) is 0 Å². The van der Waals surface area contributed by atoms with Crippen molar-refractivity contribution in [2.45, 2.75) is 25.3 Å². The molecule has 166 valence electrons. The van der Waals surface area contributed by atoms with Crippen LogP contribution in [-0.2, 0) is 16.0 Å². The lowest BCUT2D eigenvalue weighted by atomic mass is 10.0. The first-order valence-corrected chi connectivity index (χ1v) is 10.0. The Bertz CT molecular complexity index is 853. The molecular weight excluding hydrogens is 403 g/mol. The summed E-state index contributed by atoms with van der Waals surface area (Å²) in [6, 6.07) is 16.9. The van der Waals surface area contributed by atoms with E-state index in [1.54, 1.807) is 12.1 Å². The van der Waals surface area contributed by atoms with E-state index in [9.17, 15) is 9.18 Å². The Kier molecular flexibility index (Phi) is 9.14. The summed E-state index contributed by atoms with van der Waals surface area (Å²) in [6.45, 7) is 2.55. The van der Waals surface area contributed by atoms with Gasteiger partial charge in [-0.1, -0.05) is 30.3 Å². The van der Waals surface area contributed by atoms with Gasteiger partial charge in [0.25, 0.3) is 5.91 Å². The number of likely N-dealkylation sites (N-methyl/N-ethyl adjacent to an activating group) is 1. The van der Waals surface area contributed by atoms with E-state index in [0.29, 0.717) is 11.6 Å². The van der Waals surface area contributed by atoms with E-state index < -0.39 is 11.9 Å². The van der Waals surface area contributed by atoms with E-state index in [0.717, 1.165) is 38.9 Å². The Morgan fingerprint density at radius 2 is 1.52 bits per heavy atom. The summed E-state index contributed by atoms with van der Waals surface area (Å²) in [5, 5.41) is 14.8. The van der Waals surface area contributed by atoms with Crippen molar-refractivity contribution in [3.63, 3.8) is 0 Å². The molecule has 2 aromatic rings. The Hall–Kier alpha value is -3.26. The third kappa shape index (κ3) is 7.82. The number of halogens is 1. The predicted molar refractivity (Wildman–Crippen MR) is 113 cm³/mol. The lowest BCUT2D eigenvalue weighted by Crippen LogP contribution is -2.46. The van der Waals surface area contributed by atoms with Crippen LogP contribution in [0.25, 0.3) is 0 Å². The van der Waals surface area contributed by atoms with E-state index in [1.165, 1.54) is 17.7 Å². The number of carbonyl (C=O) groups is 3. The standard InChI is InChI=1S/C21H25FN2O.C2H2O4/c1-23(14-11-17-5-3-2-4-6-17)20-12-15-24(16-13-20)21(25)18-7-9-19(22)10-8-18;3-1(4)2(5)6/h2-10,20H,11-16H2,1H3;(H,3,4)(H,5,6). The van der Waals surface area contributed by atoms with Crippen LogP contribution in [0.5, 0.6) is 0 Å². The highest BCUT2D eigenvalue weighted by molar-refractivity contribution is 6.27. The fourth-order valence-corrected chi connectivity index (χ4v) is 3.42. The van der Waals surface area contributed by atoms with Gasteiger partial charge in [0.2, 0.25) is 0 Å². The number of aliphatic carboxylic acids is 2. The van der Waals surface area contributed by atoms with Gasteiger partial charge in [-0.3, -0.25) is 4.79 Å². The number of benzene rings is 2. The summed E-state index contributed by atoms with van der Waals surface area (Å²) >= 11 is 0. The van der Waals surface area contributed by atoms with Gasteiger partial charge < -0.3 is 20.0 Å². The van der Waals surface area contributed by atoms with Gasteiger partial charge in [-0.25, -0.2) is 14.0 Å². The maximum Gasteiger partial charge on any atom is 0.414 e. The topological polar surface area (TPSA) is 98.2 Å². The number of carbonyl (C=O) groups excluding carboxylic acids is 1. The minimum Gasteiger partial charge on any atom is -0.473 e. The lowest BCUT2D eigenvalue weighted by molar-refractivity contribution is -0.159. The molecule has 7 nitrogen and oxygen atoms in total. The molecule has 3 rings (SSSR count). The first kappa shape index (κ1) is 24.0. The van der Waals surface area contributed by atoms with Crippen molar-refractivity contribution in [1.29, 1.82) is 0 Å². The van der Waals surface area contributed by atoms with E-state index in [2.05, 4.69) is 36.2 Å². The van der Waals surface area contributed by atoms with Crippen LogP contribution in [0.4, 0.5) is 4.39 Å². The number of carboxylic acid groups (broad SMARTS) is 2. The number of carboxylic acids is 2. The average Bonchev–Trinajstić information content (AvgIpc) is 2.78. The number of nitrogens with zero attached hydrogens (tertiary/aromatic N) is 2. The van der Waals surface area contributed by atoms with Gasteiger partial charge in [-0.2, -0.15) is 0 Å². The van der Waals surface area contributed by atoms with Crippen LogP contribution in [0, 0.1) is 5.82 Å². The van der Waals surface area contributed by atoms with Crippen molar-refractivity contribution in [2.24, 2.45) is 0 Å². The molecule has 1 fully saturated rings.